The van der Waals surface area contributed by atoms with E-state index in [1.165, 1.54) is 24.3 Å². The Morgan fingerprint density at radius 2 is 1.72 bits per heavy atom. The average Bonchev–Trinajstić information content (AvgIpc) is 2.61. The van der Waals surface area contributed by atoms with Gasteiger partial charge in [-0.1, -0.05) is 11.6 Å². The molecule has 0 aliphatic carbocycles. The fourth-order valence-electron chi connectivity index (χ4n) is 2.81. The van der Waals surface area contributed by atoms with Gasteiger partial charge in [0.05, 0.1) is 10.5 Å². The number of nitrogens with zero attached hydrogens (tertiary/aromatic N) is 3. The molecule has 3 rings (SSSR count). The van der Waals surface area contributed by atoms with Crippen molar-refractivity contribution in [3.05, 3.63) is 63.2 Å². The van der Waals surface area contributed by atoms with Crippen LogP contribution in [0.25, 0.3) is 0 Å². The Hall–Kier alpha value is -2.80. The summed E-state index contributed by atoms with van der Waals surface area (Å²) in [6.07, 6.45) is 0. The molecule has 1 aliphatic heterocycles. The number of nitro benzene ring substituents is 1. The summed E-state index contributed by atoms with van der Waals surface area (Å²) in [7, 11) is 0. The van der Waals surface area contributed by atoms with Crippen LogP contribution in [0, 0.1) is 10.1 Å². The second-order valence-corrected chi connectivity index (χ2v) is 6.15. The second kappa shape index (κ2) is 6.98. The van der Waals surface area contributed by atoms with Crippen molar-refractivity contribution < 1.29 is 14.8 Å². The SMILES string of the molecule is O=C(c1ccc(Cl)cc1O)N1CCN(c2ccc([N+](=O)[O-])cc2)CC1. The lowest BCUT2D eigenvalue weighted by atomic mass is 10.1. The van der Waals surface area contributed by atoms with E-state index in [9.17, 15) is 20.0 Å². The number of hydrogen-bond donors (Lipinski definition) is 1. The first-order chi connectivity index (χ1) is 12.0. The molecular weight excluding hydrogens is 346 g/mol. The van der Waals surface area contributed by atoms with Gasteiger partial charge in [0.1, 0.15) is 5.75 Å². The van der Waals surface area contributed by atoms with E-state index in [-0.39, 0.29) is 22.9 Å². The summed E-state index contributed by atoms with van der Waals surface area (Å²) in [6.45, 7) is 2.21. The van der Waals surface area contributed by atoms with Gasteiger partial charge in [0.15, 0.2) is 0 Å². The van der Waals surface area contributed by atoms with Gasteiger partial charge >= 0.3 is 0 Å². The van der Waals surface area contributed by atoms with Gasteiger partial charge < -0.3 is 14.9 Å². The molecular formula is C17H16ClN3O4. The summed E-state index contributed by atoms with van der Waals surface area (Å²) < 4.78 is 0. The number of rotatable bonds is 3. The van der Waals surface area contributed by atoms with Crippen LogP contribution in [0.2, 0.25) is 5.02 Å². The van der Waals surface area contributed by atoms with Crippen molar-refractivity contribution >= 4 is 28.9 Å². The van der Waals surface area contributed by atoms with E-state index in [4.69, 9.17) is 11.6 Å². The van der Waals surface area contributed by atoms with Crippen LogP contribution in [-0.2, 0) is 0 Å². The summed E-state index contributed by atoms with van der Waals surface area (Å²) in [5.74, 6) is -0.368. The van der Waals surface area contributed by atoms with Crippen molar-refractivity contribution in [3.8, 4) is 5.75 Å². The van der Waals surface area contributed by atoms with E-state index in [2.05, 4.69) is 4.90 Å². The molecule has 1 N–H and O–H groups in total. The minimum atomic E-state index is -0.432. The monoisotopic (exact) mass is 361 g/mol. The number of phenols is 1. The van der Waals surface area contributed by atoms with Crippen LogP contribution >= 0.6 is 11.6 Å². The molecule has 0 radical (unpaired) electrons. The third-order valence-corrected chi connectivity index (χ3v) is 4.42. The Kier molecular flexibility index (Phi) is 4.76. The lowest BCUT2D eigenvalue weighted by Crippen LogP contribution is -2.48. The third-order valence-electron chi connectivity index (χ3n) is 4.18. The van der Waals surface area contributed by atoms with Gasteiger partial charge in [-0.15, -0.1) is 0 Å². The maximum absolute atomic E-state index is 12.5. The standard InChI is InChI=1S/C17H16ClN3O4/c18-12-1-6-15(16(22)11-12)17(23)20-9-7-19(8-10-20)13-2-4-14(5-3-13)21(24)25/h1-6,11,22H,7-10H2. The summed E-state index contributed by atoms with van der Waals surface area (Å²) >= 11 is 5.79. The maximum Gasteiger partial charge on any atom is 0.269 e. The van der Waals surface area contributed by atoms with Crippen molar-refractivity contribution in [3.63, 3.8) is 0 Å². The van der Waals surface area contributed by atoms with Gasteiger partial charge in [0.25, 0.3) is 11.6 Å². The third kappa shape index (κ3) is 3.66. The summed E-state index contributed by atoms with van der Waals surface area (Å²) in [5, 5.41) is 21.0. The maximum atomic E-state index is 12.5. The zero-order chi connectivity index (χ0) is 18.0. The molecule has 1 fully saturated rings. The van der Waals surface area contributed by atoms with E-state index in [0.29, 0.717) is 31.2 Å². The van der Waals surface area contributed by atoms with E-state index in [1.54, 1.807) is 23.1 Å². The zero-order valence-corrected chi connectivity index (χ0v) is 14.0. The number of non-ortho nitro benzene ring substituents is 1. The molecule has 1 heterocycles. The molecule has 0 aromatic heterocycles. The Morgan fingerprint density at radius 1 is 1.08 bits per heavy atom. The van der Waals surface area contributed by atoms with E-state index < -0.39 is 4.92 Å². The molecule has 0 unspecified atom stereocenters. The second-order valence-electron chi connectivity index (χ2n) is 5.71. The van der Waals surface area contributed by atoms with E-state index in [0.717, 1.165) is 5.69 Å². The molecule has 0 spiro atoms. The minimum absolute atomic E-state index is 0.0516. The quantitative estimate of drug-likeness (QED) is 0.671. The number of hydrogen-bond acceptors (Lipinski definition) is 5. The number of carbonyl (C=O) groups is 1. The van der Waals surface area contributed by atoms with Crippen molar-refractivity contribution in [2.45, 2.75) is 0 Å². The van der Waals surface area contributed by atoms with Crippen molar-refractivity contribution in [2.24, 2.45) is 0 Å². The van der Waals surface area contributed by atoms with Gasteiger partial charge in [0.2, 0.25) is 0 Å². The Balaban J connectivity index is 1.65. The average molecular weight is 362 g/mol. The normalized spacial score (nSPS) is 14.4. The van der Waals surface area contributed by atoms with Gasteiger partial charge in [-0.2, -0.15) is 0 Å². The molecule has 8 heteroatoms. The molecule has 1 saturated heterocycles. The van der Waals surface area contributed by atoms with Gasteiger partial charge in [-0.25, -0.2) is 0 Å². The lowest BCUT2D eigenvalue weighted by molar-refractivity contribution is -0.384. The highest BCUT2D eigenvalue weighted by Gasteiger charge is 2.24. The number of anilines is 1. The van der Waals surface area contributed by atoms with Crippen molar-refractivity contribution in [1.82, 2.24) is 4.90 Å². The van der Waals surface area contributed by atoms with Gasteiger partial charge in [-0.05, 0) is 30.3 Å². The fraction of sp³-hybridized carbons (Fsp3) is 0.235. The first-order valence-corrected chi connectivity index (χ1v) is 8.10. The number of aromatic hydroxyl groups is 1. The molecule has 0 saturated carbocycles. The predicted octanol–water partition coefficient (Wildman–Crippen LogP) is 2.92. The molecule has 130 valence electrons. The Labute approximate surface area is 149 Å². The van der Waals surface area contributed by atoms with Crippen LogP contribution in [-0.4, -0.2) is 47.0 Å². The number of piperazine rings is 1. The molecule has 1 aliphatic rings. The first kappa shape index (κ1) is 17.0. The minimum Gasteiger partial charge on any atom is -0.507 e. The number of carbonyl (C=O) groups excluding carboxylic acids is 1. The highest BCUT2D eigenvalue weighted by Crippen LogP contribution is 2.25. The van der Waals surface area contributed by atoms with Gasteiger partial charge in [0, 0.05) is 49.0 Å². The molecule has 2 aromatic carbocycles. The van der Waals surface area contributed by atoms with E-state index in [1.807, 2.05) is 0 Å². The summed E-state index contributed by atoms with van der Waals surface area (Å²) in [6, 6.07) is 10.8. The van der Waals surface area contributed by atoms with Crippen LogP contribution in [0.3, 0.4) is 0 Å². The highest BCUT2D eigenvalue weighted by atomic mass is 35.5. The van der Waals surface area contributed by atoms with Crippen molar-refractivity contribution in [1.29, 1.82) is 0 Å². The number of amides is 1. The molecule has 25 heavy (non-hydrogen) atoms. The predicted molar refractivity (Wildman–Crippen MR) is 94.3 cm³/mol. The summed E-state index contributed by atoms with van der Waals surface area (Å²) in [4.78, 5) is 26.5. The van der Waals surface area contributed by atoms with Crippen LogP contribution in [0.5, 0.6) is 5.75 Å². The van der Waals surface area contributed by atoms with Crippen LogP contribution in [0.1, 0.15) is 10.4 Å². The van der Waals surface area contributed by atoms with Crippen LogP contribution < -0.4 is 4.90 Å². The van der Waals surface area contributed by atoms with Crippen molar-refractivity contribution in [2.75, 3.05) is 31.1 Å². The molecule has 0 atom stereocenters. The smallest absolute Gasteiger partial charge is 0.269 e. The molecule has 0 bridgehead atoms. The fourth-order valence-corrected chi connectivity index (χ4v) is 2.98. The Bertz CT molecular complexity index is 802. The highest BCUT2D eigenvalue weighted by molar-refractivity contribution is 6.30. The molecule has 1 amide bonds. The van der Waals surface area contributed by atoms with Crippen LogP contribution in [0.15, 0.2) is 42.5 Å². The number of halogens is 1. The topological polar surface area (TPSA) is 86.9 Å². The van der Waals surface area contributed by atoms with E-state index >= 15 is 0 Å². The summed E-state index contributed by atoms with van der Waals surface area (Å²) in [5.41, 5.74) is 1.16. The Morgan fingerprint density at radius 3 is 2.28 bits per heavy atom. The first-order valence-electron chi connectivity index (χ1n) is 7.73. The number of benzene rings is 2. The van der Waals surface area contributed by atoms with Crippen LogP contribution in [0.4, 0.5) is 11.4 Å². The number of phenolic OH excluding ortho intramolecular Hbond substituents is 1. The largest absolute Gasteiger partial charge is 0.507 e. The number of nitro groups is 1. The molecule has 7 nitrogen and oxygen atoms in total. The van der Waals surface area contributed by atoms with Gasteiger partial charge in [-0.3, -0.25) is 14.9 Å². The zero-order valence-electron chi connectivity index (χ0n) is 13.3. The molecule has 2 aromatic rings. The lowest BCUT2D eigenvalue weighted by Gasteiger charge is -2.36.